The predicted octanol–water partition coefficient (Wildman–Crippen LogP) is 3.06. The quantitative estimate of drug-likeness (QED) is 0.849. The second kappa shape index (κ2) is 6.88. The first kappa shape index (κ1) is 18.7. The summed E-state index contributed by atoms with van der Waals surface area (Å²) < 4.78 is 38.3. The average Bonchev–Trinajstić information content (AvgIpc) is 3.02. The number of amides is 1. The van der Waals surface area contributed by atoms with Gasteiger partial charge in [0.1, 0.15) is 6.17 Å². The van der Waals surface area contributed by atoms with Crippen LogP contribution in [0, 0.1) is 0 Å². The zero-order valence-electron chi connectivity index (χ0n) is 14.0. The van der Waals surface area contributed by atoms with Gasteiger partial charge in [-0.25, -0.2) is 0 Å². The van der Waals surface area contributed by atoms with Crippen LogP contribution in [0.4, 0.5) is 13.2 Å². The molecule has 0 saturated carbocycles. The molecule has 2 aromatic rings. The highest BCUT2D eigenvalue weighted by atomic mass is 35.5. The molecule has 0 spiro atoms. The molecule has 6 nitrogen and oxygen atoms in total. The van der Waals surface area contributed by atoms with E-state index in [-0.39, 0.29) is 35.6 Å². The number of nitrogens with zero attached hydrogens (tertiary/aromatic N) is 3. The zero-order valence-corrected chi connectivity index (χ0v) is 14.8. The first-order valence-electron chi connectivity index (χ1n) is 7.99. The molecule has 10 heteroatoms. The smallest absolute Gasteiger partial charge is 0.341 e. The Kier molecular flexibility index (Phi) is 4.94. The Morgan fingerprint density at radius 2 is 2.12 bits per heavy atom. The summed E-state index contributed by atoms with van der Waals surface area (Å²) in [6.07, 6.45) is -3.33. The van der Waals surface area contributed by atoms with E-state index in [1.165, 1.54) is 17.1 Å². The summed E-state index contributed by atoms with van der Waals surface area (Å²) in [5.41, 5.74) is 0.273. The lowest BCUT2D eigenvalue weighted by atomic mass is 9.97. The van der Waals surface area contributed by atoms with Crippen molar-refractivity contribution in [3.05, 3.63) is 46.2 Å². The zero-order chi connectivity index (χ0) is 19.1. The highest BCUT2D eigenvalue weighted by Crippen LogP contribution is 2.35. The van der Waals surface area contributed by atoms with E-state index >= 15 is 0 Å². The van der Waals surface area contributed by atoms with Crippen LogP contribution in [0.5, 0.6) is 0 Å². The van der Waals surface area contributed by atoms with Gasteiger partial charge in [-0.3, -0.25) is 10.1 Å². The Balaban J connectivity index is 1.82. The van der Waals surface area contributed by atoms with Gasteiger partial charge in [-0.15, -0.1) is 0 Å². The average molecular weight is 388 g/mol. The largest absolute Gasteiger partial charge is 0.416 e. The van der Waals surface area contributed by atoms with Crippen LogP contribution in [-0.4, -0.2) is 27.1 Å². The van der Waals surface area contributed by atoms with Gasteiger partial charge >= 0.3 is 6.18 Å². The van der Waals surface area contributed by atoms with Gasteiger partial charge in [-0.2, -0.15) is 28.2 Å². The van der Waals surface area contributed by atoms with Crippen LogP contribution in [0.2, 0.25) is 5.02 Å². The lowest BCUT2D eigenvalue weighted by Crippen LogP contribution is -2.53. The second-order valence-electron chi connectivity index (χ2n) is 6.22. The molecule has 1 fully saturated rings. The van der Waals surface area contributed by atoms with Crippen LogP contribution >= 0.6 is 11.6 Å². The molecule has 2 heterocycles. The molecule has 0 bridgehead atoms. The molecule has 0 aliphatic carbocycles. The Morgan fingerprint density at radius 1 is 1.38 bits per heavy atom. The summed E-state index contributed by atoms with van der Waals surface area (Å²) >= 11 is 6.05. The monoisotopic (exact) mass is 387 g/mol. The molecule has 1 aliphatic rings. The van der Waals surface area contributed by atoms with Crippen molar-refractivity contribution >= 4 is 17.5 Å². The highest BCUT2D eigenvalue weighted by molar-refractivity contribution is 6.31. The number of carbonyl (C=O) groups is 1. The minimum Gasteiger partial charge on any atom is -0.341 e. The van der Waals surface area contributed by atoms with Crippen LogP contribution in [0.15, 0.2) is 24.4 Å². The molecule has 1 saturated heterocycles. The number of nitrogens with one attached hydrogen (secondary N) is 2. The number of aromatic nitrogens is 3. The Morgan fingerprint density at radius 3 is 2.73 bits per heavy atom. The third kappa shape index (κ3) is 3.83. The predicted molar refractivity (Wildman–Crippen MR) is 88.4 cm³/mol. The number of hydrogen-bond donors (Lipinski definition) is 2. The van der Waals surface area contributed by atoms with Crippen molar-refractivity contribution in [1.82, 2.24) is 25.6 Å². The van der Waals surface area contributed by atoms with Crippen molar-refractivity contribution in [2.24, 2.45) is 0 Å². The van der Waals surface area contributed by atoms with E-state index in [1.54, 1.807) is 13.8 Å². The standard InChI is InChI=1S/C16H17ClF3N5O/c1-8(11-4-3-10(5-12(11)17)16(18,19)20)13-7-21-25(24-13)14-6-15(26)23-9(2)22-14/h3-5,7-9,14,22H,6H2,1-2H3,(H,23,26)/t8-,9?,14?/m0/s1. The molecule has 26 heavy (non-hydrogen) atoms. The SMILES string of the molecule is CC1NC(=O)CC(n2ncc([C@@H](C)c3ccc(C(F)(F)F)cc3Cl)n2)N1. The first-order chi connectivity index (χ1) is 12.1. The minimum atomic E-state index is -4.45. The summed E-state index contributed by atoms with van der Waals surface area (Å²) in [7, 11) is 0. The van der Waals surface area contributed by atoms with Gasteiger partial charge in [0.25, 0.3) is 0 Å². The molecule has 3 atom stereocenters. The number of carbonyl (C=O) groups excluding carboxylic acids is 1. The lowest BCUT2D eigenvalue weighted by molar-refractivity contribution is -0.137. The molecule has 1 aliphatic heterocycles. The fourth-order valence-electron chi connectivity index (χ4n) is 2.86. The van der Waals surface area contributed by atoms with Crippen molar-refractivity contribution in [2.45, 2.75) is 44.7 Å². The van der Waals surface area contributed by atoms with Crippen molar-refractivity contribution < 1.29 is 18.0 Å². The van der Waals surface area contributed by atoms with Crippen LogP contribution in [0.3, 0.4) is 0 Å². The van der Waals surface area contributed by atoms with E-state index in [1.807, 2.05) is 0 Å². The lowest BCUT2D eigenvalue weighted by Gasteiger charge is -2.28. The van der Waals surface area contributed by atoms with Crippen LogP contribution in [0.25, 0.3) is 0 Å². The van der Waals surface area contributed by atoms with E-state index in [2.05, 4.69) is 20.8 Å². The summed E-state index contributed by atoms with van der Waals surface area (Å²) in [6.45, 7) is 3.59. The van der Waals surface area contributed by atoms with Gasteiger partial charge in [0, 0.05) is 10.9 Å². The van der Waals surface area contributed by atoms with Crippen LogP contribution in [0.1, 0.15) is 49.2 Å². The Hall–Kier alpha value is -2.13. The highest BCUT2D eigenvalue weighted by Gasteiger charge is 2.31. The topological polar surface area (TPSA) is 71.8 Å². The fourth-order valence-corrected chi connectivity index (χ4v) is 3.21. The van der Waals surface area contributed by atoms with E-state index in [4.69, 9.17) is 11.6 Å². The molecular formula is C16H17ClF3N5O. The third-order valence-electron chi connectivity index (χ3n) is 4.24. The van der Waals surface area contributed by atoms with Crippen molar-refractivity contribution in [3.63, 3.8) is 0 Å². The van der Waals surface area contributed by atoms with E-state index in [0.717, 1.165) is 12.1 Å². The maximum absolute atomic E-state index is 12.8. The number of rotatable bonds is 3. The van der Waals surface area contributed by atoms with Crippen molar-refractivity contribution in [1.29, 1.82) is 0 Å². The van der Waals surface area contributed by atoms with Gasteiger partial charge in [-0.1, -0.05) is 24.6 Å². The number of alkyl halides is 3. The summed E-state index contributed by atoms with van der Waals surface area (Å²) in [6, 6.07) is 3.26. The van der Waals surface area contributed by atoms with E-state index < -0.39 is 11.7 Å². The van der Waals surface area contributed by atoms with Gasteiger partial charge in [0.15, 0.2) is 0 Å². The van der Waals surface area contributed by atoms with E-state index in [9.17, 15) is 18.0 Å². The number of benzene rings is 1. The Bertz CT molecular complexity index is 822. The van der Waals surface area contributed by atoms with Gasteiger partial charge in [0.05, 0.1) is 30.0 Å². The first-order valence-corrected chi connectivity index (χ1v) is 8.36. The maximum Gasteiger partial charge on any atom is 0.416 e. The van der Waals surface area contributed by atoms with Gasteiger partial charge < -0.3 is 5.32 Å². The van der Waals surface area contributed by atoms with Crippen molar-refractivity contribution in [3.8, 4) is 0 Å². The van der Waals surface area contributed by atoms with Gasteiger partial charge in [0.2, 0.25) is 5.91 Å². The molecule has 2 N–H and O–H groups in total. The van der Waals surface area contributed by atoms with Crippen LogP contribution < -0.4 is 10.6 Å². The third-order valence-corrected chi connectivity index (χ3v) is 4.57. The van der Waals surface area contributed by atoms with Crippen LogP contribution in [-0.2, 0) is 11.0 Å². The molecule has 2 unspecified atom stereocenters. The second-order valence-corrected chi connectivity index (χ2v) is 6.63. The van der Waals surface area contributed by atoms with E-state index in [0.29, 0.717) is 11.3 Å². The molecule has 1 amide bonds. The summed E-state index contributed by atoms with van der Waals surface area (Å²) in [5.74, 6) is -0.465. The fraction of sp³-hybridized carbons (Fsp3) is 0.438. The molecular weight excluding hydrogens is 371 g/mol. The Labute approximate surface area is 152 Å². The maximum atomic E-state index is 12.8. The summed E-state index contributed by atoms with van der Waals surface area (Å²) in [4.78, 5) is 13.0. The molecule has 3 rings (SSSR count). The molecule has 140 valence electrons. The molecule has 1 aromatic heterocycles. The van der Waals surface area contributed by atoms with Gasteiger partial charge in [-0.05, 0) is 24.6 Å². The summed E-state index contributed by atoms with van der Waals surface area (Å²) in [5, 5.41) is 14.5. The van der Waals surface area contributed by atoms with Crippen molar-refractivity contribution in [2.75, 3.05) is 0 Å². The normalized spacial score (nSPS) is 22.2. The molecule has 0 radical (unpaired) electrons. The number of halogens is 4. The number of hydrogen-bond acceptors (Lipinski definition) is 4. The minimum absolute atomic E-state index is 0.0191. The molecule has 1 aromatic carbocycles.